The molecular formula is C25H21F2N3O. The molecular weight excluding hydrogens is 396 g/mol. The average Bonchev–Trinajstić information content (AvgIpc) is 3.46. The maximum Gasteiger partial charge on any atom is 0.256 e. The van der Waals surface area contributed by atoms with Crippen molar-refractivity contribution in [1.82, 2.24) is 10.2 Å². The molecule has 3 aromatic carbocycles. The molecule has 2 aliphatic heterocycles. The molecule has 2 heterocycles. The number of amidine groups is 1. The summed E-state index contributed by atoms with van der Waals surface area (Å²) in [6.07, 6.45) is 1.48. The standard InChI is InChI=1S/C25H21F2N3O/c26-20-5-3-17-9-16(1-2-18(17)10-20)19-4-6-21(22(27)11-19)23-29-25(7-8-25)24(31)30(23)14-15-12-28-13-15/h1-6,9-11,15,28H,7-8,12-14H2. The maximum atomic E-state index is 15.3. The molecule has 0 unspecified atom stereocenters. The summed E-state index contributed by atoms with van der Waals surface area (Å²) < 4.78 is 28.7. The Labute approximate surface area is 178 Å². The Morgan fingerprint density at radius 3 is 2.39 bits per heavy atom. The fourth-order valence-electron chi connectivity index (χ4n) is 4.49. The van der Waals surface area contributed by atoms with Crippen LogP contribution in [0.5, 0.6) is 0 Å². The first kappa shape index (κ1) is 18.6. The first-order chi connectivity index (χ1) is 15.0. The highest BCUT2D eigenvalue weighted by Gasteiger charge is 2.57. The lowest BCUT2D eigenvalue weighted by Gasteiger charge is -2.32. The molecule has 1 aliphatic carbocycles. The highest BCUT2D eigenvalue weighted by molar-refractivity contribution is 6.16. The molecule has 0 bridgehead atoms. The average molecular weight is 417 g/mol. The van der Waals surface area contributed by atoms with E-state index in [-0.39, 0.29) is 11.7 Å². The van der Waals surface area contributed by atoms with E-state index in [9.17, 15) is 9.18 Å². The zero-order chi connectivity index (χ0) is 21.2. The molecule has 3 aliphatic rings. The highest BCUT2D eigenvalue weighted by Crippen LogP contribution is 2.46. The van der Waals surface area contributed by atoms with Crippen molar-refractivity contribution in [1.29, 1.82) is 0 Å². The van der Waals surface area contributed by atoms with Crippen molar-refractivity contribution < 1.29 is 13.6 Å². The predicted molar refractivity (Wildman–Crippen MR) is 116 cm³/mol. The van der Waals surface area contributed by atoms with Gasteiger partial charge in [-0.05, 0) is 65.1 Å². The Balaban J connectivity index is 1.35. The van der Waals surface area contributed by atoms with Gasteiger partial charge in [-0.25, -0.2) is 8.78 Å². The van der Waals surface area contributed by atoms with Gasteiger partial charge < -0.3 is 5.32 Å². The van der Waals surface area contributed by atoms with Gasteiger partial charge in [0.15, 0.2) is 0 Å². The van der Waals surface area contributed by atoms with Crippen LogP contribution in [0.3, 0.4) is 0 Å². The normalized spacial score (nSPS) is 19.7. The van der Waals surface area contributed by atoms with Gasteiger partial charge in [-0.2, -0.15) is 0 Å². The van der Waals surface area contributed by atoms with Gasteiger partial charge in [0.1, 0.15) is 23.0 Å². The third-order valence-electron chi connectivity index (χ3n) is 6.59. The third kappa shape index (κ3) is 3.05. The molecule has 1 saturated carbocycles. The summed E-state index contributed by atoms with van der Waals surface area (Å²) in [4.78, 5) is 19.3. The van der Waals surface area contributed by atoms with Crippen molar-refractivity contribution in [3.8, 4) is 11.1 Å². The number of benzene rings is 3. The molecule has 1 amide bonds. The van der Waals surface area contributed by atoms with E-state index in [1.165, 1.54) is 18.2 Å². The second kappa shape index (κ2) is 6.69. The second-order valence-corrected chi connectivity index (χ2v) is 8.81. The molecule has 1 spiro atoms. The Morgan fingerprint density at radius 1 is 0.968 bits per heavy atom. The molecule has 0 atom stereocenters. The molecule has 156 valence electrons. The lowest BCUT2D eigenvalue weighted by atomic mass is 9.99. The fourth-order valence-corrected chi connectivity index (χ4v) is 4.49. The van der Waals surface area contributed by atoms with Gasteiger partial charge in [0.05, 0.1) is 5.56 Å². The highest BCUT2D eigenvalue weighted by atomic mass is 19.1. The van der Waals surface area contributed by atoms with Gasteiger partial charge in [0.2, 0.25) is 0 Å². The zero-order valence-corrected chi connectivity index (χ0v) is 16.9. The van der Waals surface area contributed by atoms with E-state index in [1.807, 2.05) is 24.3 Å². The van der Waals surface area contributed by atoms with Crippen molar-refractivity contribution in [2.24, 2.45) is 10.9 Å². The Hall–Kier alpha value is -3.12. The van der Waals surface area contributed by atoms with Gasteiger partial charge in [0, 0.05) is 25.6 Å². The maximum absolute atomic E-state index is 15.3. The molecule has 6 rings (SSSR count). The van der Waals surface area contributed by atoms with Gasteiger partial charge in [-0.1, -0.05) is 24.3 Å². The second-order valence-electron chi connectivity index (χ2n) is 8.81. The van der Waals surface area contributed by atoms with Gasteiger partial charge in [-0.3, -0.25) is 14.7 Å². The van der Waals surface area contributed by atoms with E-state index in [4.69, 9.17) is 0 Å². The summed E-state index contributed by atoms with van der Waals surface area (Å²) in [5, 5.41) is 4.92. The van der Waals surface area contributed by atoms with E-state index >= 15 is 4.39 Å². The quantitative estimate of drug-likeness (QED) is 0.694. The zero-order valence-electron chi connectivity index (χ0n) is 16.9. The molecule has 2 fully saturated rings. The summed E-state index contributed by atoms with van der Waals surface area (Å²) in [5.41, 5.74) is 1.31. The molecule has 0 aromatic heterocycles. The van der Waals surface area contributed by atoms with Crippen molar-refractivity contribution in [2.75, 3.05) is 19.6 Å². The number of amides is 1. The minimum absolute atomic E-state index is 0.0136. The first-order valence-corrected chi connectivity index (χ1v) is 10.6. The minimum Gasteiger partial charge on any atom is -0.316 e. The molecule has 1 N–H and O–H groups in total. The Morgan fingerprint density at radius 2 is 1.68 bits per heavy atom. The van der Waals surface area contributed by atoms with Gasteiger partial charge in [0.25, 0.3) is 5.91 Å². The van der Waals surface area contributed by atoms with Crippen LogP contribution in [0.2, 0.25) is 0 Å². The summed E-state index contributed by atoms with van der Waals surface area (Å²) in [7, 11) is 0. The predicted octanol–water partition coefficient (Wildman–Crippen LogP) is 4.13. The Bertz CT molecular complexity index is 1260. The van der Waals surface area contributed by atoms with Crippen LogP contribution in [0.15, 0.2) is 59.6 Å². The van der Waals surface area contributed by atoms with Crippen LogP contribution in [0.4, 0.5) is 8.78 Å². The van der Waals surface area contributed by atoms with Crippen LogP contribution in [0.25, 0.3) is 21.9 Å². The van der Waals surface area contributed by atoms with Crippen molar-refractivity contribution in [3.05, 3.63) is 71.8 Å². The summed E-state index contributed by atoms with van der Waals surface area (Å²) in [5.74, 6) is 0.191. The van der Waals surface area contributed by atoms with Gasteiger partial charge in [-0.15, -0.1) is 0 Å². The number of nitrogens with zero attached hydrogens (tertiary/aromatic N) is 2. The molecule has 1 saturated heterocycles. The number of halogens is 2. The molecule has 4 nitrogen and oxygen atoms in total. The molecule has 3 aromatic rings. The number of hydrogen-bond acceptors (Lipinski definition) is 3. The third-order valence-corrected chi connectivity index (χ3v) is 6.59. The molecule has 0 radical (unpaired) electrons. The summed E-state index contributed by atoms with van der Waals surface area (Å²) >= 11 is 0. The number of nitrogens with one attached hydrogen (secondary N) is 1. The van der Waals surface area contributed by atoms with E-state index in [0.717, 1.165) is 47.8 Å². The summed E-state index contributed by atoms with van der Waals surface area (Å²) in [6.45, 7) is 2.32. The number of rotatable bonds is 4. The number of aliphatic imine (C=N–C) groups is 1. The first-order valence-electron chi connectivity index (χ1n) is 10.6. The van der Waals surface area contributed by atoms with Crippen molar-refractivity contribution >= 4 is 22.5 Å². The van der Waals surface area contributed by atoms with Crippen LogP contribution in [-0.2, 0) is 4.79 Å². The van der Waals surface area contributed by atoms with Crippen molar-refractivity contribution in [2.45, 2.75) is 18.4 Å². The van der Waals surface area contributed by atoms with Crippen LogP contribution in [0, 0.1) is 17.6 Å². The van der Waals surface area contributed by atoms with Gasteiger partial charge >= 0.3 is 0 Å². The number of carbonyl (C=O) groups is 1. The lowest BCUT2D eigenvalue weighted by molar-refractivity contribution is -0.128. The Kier molecular flexibility index (Phi) is 4.02. The molecule has 6 heteroatoms. The topological polar surface area (TPSA) is 44.7 Å². The van der Waals surface area contributed by atoms with Crippen LogP contribution in [0.1, 0.15) is 18.4 Å². The van der Waals surface area contributed by atoms with E-state index in [0.29, 0.717) is 23.9 Å². The largest absolute Gasteiger partial charge is 0.316 e. The smallest absolute Gasteiger partial charge is 0.256 e. The van der Waals surface area contributed by atoms with Crippen LogP contribution >= 0.6 is 0 Å². The van der Waals surface area contributed by atoms with E-state index in [1.54, 1.807) is 17.0 Å². The number of carbonyl (C=O) groups excluding carboxylic acids is 1. The number of fused-ring (bicyclic) bond motifs is 1. The van der Waals surface area contributed by atoms with E-state index in [2.05, 4.69) is 10.3 Å². The van der Waals surface area contributed by atoms with Crippen LogP contribution < -0.4 is 5.32 Å². The fraction of sp³-hybridized carbons (Fsp3) is 0.280. The van der Waals surface area contributed by atoms with Crippen LogP contribution in [-0.4, -0.2) is 41.8 Å². The monoisotopic (exact) mass is 417 g/mol. The summed E-state index contributed by atoms with van der Waals surface area (Å²) in [6, 6.07) is 15.3. The molecule has 31 heavy (non-hydrogen) atoms. The van der Waals surface area contributed by atoms with Crippen molar-refractivity contribution in [3.63, 3.8) is 0 Å². The minimum atomic E-state index is -0.648. The lowest BCUT2D eigenvalue weighted by Crippen LogP contribution is -2.51. The number of hydrogen-bond donors (Lipinski definition) is 1. The van der Waals surface area contributed by atoms with E-state index < -0.39 is 11.4 Å². The SMILES string of the molecule is O=C1N(CC2CNC2)C(c2ccc(-c3ccc4cc(F)ccc4c3)cc2F)=NC12CC2.